The Bertz CT molecular complexity index is 632. The van der Waals surface area contributed by atoms with Gasteiger partial charge in [-0.2, -0.15) is 0 Å². The Kier molecular flexibility index (Phi) is 7.13. The number of aliphatic hydroxyl groups is 2. The molecule has 0 aromatic heterocycles. The van der Waals surface area contributed by atoms with E-state index < -0.39 is 25.8 Å². The quantitative estimate of drug-likeness (QED) is 0.526. The Morgan fingerprint density at radius 3 is 2.32 bits per heavy atom. The molecule has 2 heterocycles. The highest BCUT2D eigenvalue weighted by Crippen LogP contribution is 2.49. The van der Waals surface area contributed by atoms with Gasteiger partial charge in [0.05, 0.1) is 30.0 Å². The van der Waals surface area contributed by atoms with Crippen molar-refractivity contribution in [1.29, 1.82) is 0 Å². The normalized spacial score (nSPS) is 38.0. The van der Waals surface area contributed by atoms with E-state index in [0.717, 1.165) is 0 Å². The third kappa shape index (κ3) is 5.56. The largest absolute Gasteiger partial charge is 0.414 e. The second kappa shape index (κ2) is 8.64. The van der Waals surface area contributed by atoms with Crippen molar-refractivity contribution in [1.82, 2.24) is 0 Å². The monoisotopic (exact) mass is 458 g/mol. The maximum Gasteiger partial charge on any atom is 0.192 e. The van der Waals surface area contributed by atoms with Gasteiger partial charge in [-0.3, -0.25) is 0 Å². The summed E-state index contributed by atoms with van der Waals surface area (Å²) in [4.78, 5) is 0. The zero-order valence-electron chi connectivity index (χ0n) is 21.1. The average molecular weight is 459 g/mol. The van der Waals surface area contributed by atoms with Crippen molar-refractivity contribution in [3.05, 3.63) is 0 Å². The molecule has 3 fully saturated rings. The van der Waals surface area contributed by atoms with E-state index in [1.807, 2.05) is 13.8 Å². The molecule has 6 nitrogen and oxygen atoms in total. The van der Waals surface area contributed by atoms with Crippen LogP contribution in [0, 0.1) is 5.92 Å². The zero-order valence-corrected chi connectivity index (χ0v) is 22.1. The Morgan fingerprint density at radius 1 is 1.10 bits per heavy atom. The van der Waals surface area contributed by atoms with Gasteiger partial charge in [0.25, 0.3) is 0 Å². The summed E-state index contributed by atoms with van der Waals surface area (Å²) in [6, 6.07) is 0. The number of rotatable bonds is 8. The molecule has 2 saturated heterocycles. The molecule has 2 N–H and O–H groups in total. The lowest BCUT2D eigenvalue weighted by Crippen LogP contribution is -2.48. The van der Waals surface area contributed by atoms with Crippen LogP contribution >= 0.6 is 0 Å². The van der Waals surface area contributed by atoms with Gasteiger partial charge in [-0.1, -0.05) is 27.7 Å². The number of ether oxygens (including phenoxy) is 3. The van der Waals surface area contributed by atoms with E-state index in [-0.39, 0.29) is 41.5 Å². The third-order valence-electron chi connectivity index (χ3n) is 8.13. The van der Waals surface area contributed by atoms with Crippen LogP contribution in [0.15, 0.2) is 0 Å². The molecule has 2 bridgehead atoms. The van der Waals surface area contributed by atoms with Gasteiger partial charge in [-0.25, -0.2) is 0 Å². The molecule has 0 aromatic rings. The molecule has 7 heteroatoms. The van der Waals surface area contributed by atoms with Crippen LogP contribution in [0.1, 0.15) is 80.6 Å². The number of fused-ring (bicyclic) bond motifs is 4. The van der Waals surface area contributed by atoms with Gasteiger partial charge in [0.15, 0.2) is 14.1 Å². The fraction of sp³-hybridized carbons (Fsp3) is 1.00. The highest BCUT2D eigenvalue weighted by molar-refractivity contribution is 6.74. The highest BCUT2D eigenvalue weighted by atomic mass is 28.4. The molecular weight excluding hydrogens is 412 g/mol. The van der Waals surface area contributed by atoms with Crippen molar-refractivity contribution in [3.8, 4) is 0 Å². The number of aliphatic hydroxyl groups excluding tert-OH is 1. The van der Waals surface area contributed by atoms with Crippen molar-refractivity contribution in [2.45, 2.75) is 147 Å². The number of hydrogen-bond acceptors (Lipinski definition) is 6. The third-order valence-corrected chi connectivity index (χ3v) is 12.7. The molecule has 1 saturated carbocycles. The fourth-order valence-electron chi connectivity index (χ4n) is 5.14. The average Bonchev–Trinajstić information content (AvgIpc) is 3.04. The van der Waals surface area contributed by atoms with Crippen LogP contribution in [0.5, 0.6) is 0 Å². The summed E-state index contributed by atoms with van der Waals surface area (Å²) >= 11 is 0. The van der Waals surface area contributed by atoms with Crippen molar-refractivity contribution < 1.29 is 28.8 Å². The lowest BCUT2D eigenvalue weighted by atomic mass is 9.78. The molecule has 3 rings (SSSR count). The van der Waals surface area contributed by atoms with E-state index in [4.69, 9.17) is 18.6 Å². The Morgan fingerprint density at radius 2 is 1.71 bits per heavy atom. The Balaban J connectivity index is 1.48. The van der Waals surface area contributed by atoms with Crippen molar-refractivity contribution in [2.75, 3.05) is 0 Å². The molecular formula is C24H46O6Si. The minimum absolute atomic E-state index is 0.110. The lowest BCUT2D eigenvalue weighted by Gasteiger charge is -2.40. The minimum atomic E-state index is -1.83. The fourth-order valence-corrected chi connectivity index (χ4v) is 6.65. The van der Waals surface area contributed by atoms with E-state index >= 15 is 0 Å². The summed E-state index contributed by atoms with van der Waals surface area (Å²) in [5, 5.41) is 22.1. The first kappa shape index (κ1) is 25.6. The molecule has 8 atom stereocenters. The van der Waals surface area contributed by atoms with Crippen LogP contribution < -0.4 is 0 Å². The summed E-state index contributed by atoms with van der Waals surface area (Å²) in [5.74, 6) is -0.357. The molecule has 3 unspecified atom stereocenters. The van der Waals surface area contributed by atoms with Crippen LogP contribution in [0.2, 0.25) is 18.1 Å². The summed E-state index contributed by atoms with van der Waals surface area (Å²) in [6.45, 7) is 19.4. The second-order valence-corrected chi connectivity index (χ2v) is 17.1. The molecule has 2 aliphatic heterocycles. The molecule has 0 aromatic carbocycles. The lowest BCUT2D eigenvalue weighted by molar-refractivity contribution is -0.165. The molecule has 1 aliphatic carbocycles. The first-order chi connectivity index (χ1) is 14.0. The van der Waals surface area contributed by atoms with E-state index in [1.165, 1.54) is 0 Å². The van der Waals surface area contributed by atoms with Gasteiger partial charge in [0.2, 0.25) is 0 Å². The van der Waals surface area contributed by atoms with Crippen LogP contribution in [-0.2, 0) is 18.6 Å². The van der Waals surface area contributed by atoms with Crippen LogP contribution in [0.4, 0.5) is 0 Å². The van der Waals surface area contributed by atoms with Gasteiger partial charge >= 0.3 is 0 Å². The maximum absolute atomic E-state index is 11.2. The summed E-state index contributed by atoms with van der Waals surface area (Å²) < 4.78 is 24.7. The minimum Gasteiger partial charge on any atom is -0.414 e. The molecule has 0 radical (unpaired) electrons. The highest BCUT2D eigenvalue weighted by Gasteiger charge is 2.61. The van der Waals surface area contributed by atoms with Gasteiger partial charge in [0, 0.05) is 18.9 Å². The molecule has 3 aliphatic rings. The molecule has 31 heavy (non-hydrogen) atoms. The number of hydrogen-bond donors (Lipinski definition) is 2. The van der Waals surface area contributed by atoms with Crippen molar-refractivity contribution in [2.24, 2.45) is 5.92 Å². The van der Waals surface area contributed by atoms with Crippen LogP contribution in [-0.4, -0.2) is 66.5 Å². The Hall–Kier alpha value is -0.0231. The predicted molar refractivity (Wildman–Crippen MR) is 123 cm³/mol. The van der Waals surface area contributed by atoms with Crippen LogP contribution in [0.3, 0.4) is 0 Å². The standard InChI is InChI=1S/C24H46O6Si/c1-15(16(2)30-31(8,9)22(3,4)5)12-17(25)10-11-20-24(26)13-18(27-20)21-19(14-24)28-23(6,7)29-21/h15-21,25-26H,10-14H2,1-9H3/t15-,16+,17?,18-,19-,20?,21?,24-/m1/s1. The van der Waals surface area contributed by atoms with Crippen LogP contribution in [0.25, 0.3) is 0 Å². The van der Waals surface area contributed by atoms with E-state index in [9.17, 15) is 10.2 Å². The first-order valence-corrected chi connectivity index (χ1v) is 15.0. The molecule has 182 valence electrons. The van der Waals surface area contributed by atoms with Crippen molar-refractivity contribution >= 4 is 8.32 Å². The van der Waals surface area contributed by atoms with Crippen molar-refractivity contribution in [3.63, 3.8) is 0 Å². The second-order valence-electron chi connectivity index (χ2n) is 12.3. The van der Waals surface area contributed by atoms with E-state index in [2.05, 4.69) is 47.7 Å². The summed E-state index contributed by atoms with van der Waals surface area (Å²) in [5.41, 5.74) is -0.889. The smallest absolute Gasteiger partial charge is 0.192 e. The van der Waals surface area contributed by atoms with E-state index in [1.54, 1.807) is 0 Å². The topological polar surface area (TPSA) is 77.4 Å². The van der Waals surface area contributed by atoms with Gasteiger partial charge < -0.3 is 28.8 Å². The first-order valence-electron chi connectivity index (χ1n) is 12.1. The van der Waals surface area contributed by atoms with Gasteiger partial charge in [-0.05, 0) is 64.1 Å². The zero-order chi connectivity index (χ0) is 23.4. The Labute approximate surface area is 190 Å². The summed E-state index contributed by atoms with van der Waals surface area (Å²) in [6.07, 6.45) is 2.09. The molecule has 0 amide bonds. The van der Waals surface area contributed by atoms with E-state index in [0.29, 0.717) is 32.1 Å². The predicted octanol–water partition coefficient (Wildman–Crippen LogP) is 4.38. The summed E-state index contributed by atoms with van der Waals surface area (Å²) in [7, 11) is -1.83. The molecule has 0 spiro atoms. The van der Waals surface area contributed by atoms with Gasteiger partial charge in [-0.15, -0.1) is 0 Å². The SMILES string of the molecule is C[C@H](CC(O)CCC1O[C@@H]2C[C@@]1(O)C[C@H]1OC(C)(C)OC21)[C@H](C)O[Si](C)(C)C(C)(C)C. The van der Waals surface area contributed by atoms with Gasteiger partial charge in [0.1, 0.15) is 6.10 Å². The maximum atomic E-state index is 11.2.